The van der Waals surface area contributed by atoms with Crippen LogP contribution < -0.4 is 14.2 Å². The lowest BCUT2D eigenvalue weighted by molar-refractivity contribution is -0.145. The first-order chi connectivity index (χ1) is 24.8. The Balaban J connectivity index is 1.42. The number of rotatable bonds is 13. The summed E-state index contributed by atoms with van der Waals surface area (Å²) in [6.45, 7) is 6.64. The number of carboxylic acid groups (broad SMARTS) is 1. The molecule has 0 spiro atoms. The number of carbonyl (C=O) groups is 2. The smallest absolute Gasteiger partial charge is 0.344 e. The monoisotopic (exact) mass is 687 g/mol. The summed E-state index contributed by atoms with van der Waals surface area (Å²) in [5.74, 6) is 0.487. The molecule has 0 bridgehead atoms. The van der Waals surface area contributed by atoms with Crippen molar-refractivity contribution in [3.63, 3.8) is 0 Å². The van der Waals surface area contributed by atoms with Crippen molar-refractivity contribution >= 4 is 11.9 Å². The van der Waals surface area contributed by atoms with E-state index in [0.29, 0.717) is 41.5 Å². The van der Waals surface area contributed by atoms with E-state index in [0.717, 1.165) is 43.0 Å². The second kappa shape index (κ2) is 16.0. The van der Waals surface area contributed by atoms with Gasteiger partial charge < -0.3 is 28.8 Å². The first kappa shape index (κ1) is 35.3. The van der Waals surface area contributed by atoms with Crippen molar-refractivity contribution in [2.24, 2.45) is 0 Å². The van der Waals surface area contributed by atoms with Gasteiger partial charge in [0.25, 0.3) is 5.91 Å². The van der Waals surface area contributed by atoms with Gasteiger partial charge in [0, 0.05) is 37.9 Å². The number of aryl methyl sites for hydroxylation is 1. The Labute approximate surface area is 299 Å². The summed E-state index contributed by atoms with van der Waals surface area (Å²) in [6, 6.07) is 35.6. The van der Waals surface area contributed by atoms with Gasteiger partial charge in [-0.2, -0.15) is 0 Å². The number of methoxy groups -OCH3 is 2. The summed E-state index contributed by atoms with van der Waals surface area (Å²) >= 11 is 0. The van der Waals surface area contributed by atoms with E-state index in [4.69, 9.17) is 14.2 Å². The average Bonchev–Trinajstić information content (AvgIpc) is 3.50. The fourth-order valence-corrected chi connectivity index (χ4v) is 6.99. The molecule has 1 aromatic heterocycles. The van der Waals surface area contributed by atoms with Crippen LogP contribution in [0.4, 0.5) is 0 Å². The highest BCUT2D eigenvalue weighted by Crippen LogP contribution is 2.40. The molecule has 1 saturated heterocycles. The third kappa shape index (κ3) is 7.79. The van der Waals surface area contributed by atoms with Gasteiger partial charge in [-0.1, -0.05) is 73.7 Å². The molecule has 4 aromatic carbocycles. The Morgan fingerprint density at radius 3 is 2.16 bits per heavy atom. The van der Waals surface area contributed by atoms with Crippen molar-refractivity contribution in [1.29, 1.82) is 0 Å². The van der Waals surface area contributed by atoms with Crippen molar-refractivity contribution in [2.45, 2.75) is 45.4 Å². The van der Waals surface area contributed by atoms with Crippen LogP contribution in [0, 0.1) is 6.92 Å². The minimum atomic E-state index is -1.02. The van der Waals surface area contributed by atoms with Crippen LogP contribution in [0.3, 0.4) is 0 Å². The maximum absolute atomic E-state index is 15.0. The molecule has 9 heteroatoms. The van der Waals surface area contributed by atoms with Crippen LogP contribution in [0.1, 0.15) is 40.5 Å². The Kier molecular flexibility index (Phi) is 11.1. The summed E-state index contributed by atoms with van der Waals surface area (Å²) in [7, 11) is 3.21. The first-order valence-corrected chi connectivity index (χ1v) is 17.4. The van der Waals surface area contributed by atoms with Gasteiger partial charge >= 0.3 is 5.97 Å². The molecule has 2 atom stereocenters. The molecule has 1 fully saturated rings. The van der Waals surface area contributed by atoms with Crippen molar-refractivity contribution in [3.8, 4) is 34.2 Å². The number of piperazine rings is 1. The van der Waals surface area contributed by atoms with E-state index in [9.17, 15) is 9.90 Å². The van der Waals surface area contributed by atoms with Crippen LogP contribution in [0.25, 0.3) is 16.9 Å². The zero-order valence-electron chi connectivity index (χ0n) is 29.6. The fraction of sp³-hybridized carbons (Fsp3) is 0.286. The van der Waals surface area contributed by atoms with Crippen LogP contribution >= 0.6 is 0 Å². The molecule has 0 aliphatic carbocycles. The Bertz CT molecular complexity index is 1940. The van der Waals surface area contributed by atoms with E-state index in [1.807, 2.05) is 77.1 Å². The molecular weight excluding hydrogens is 642 g/mol. The number of hydrogen-bond donors (Lipinski definition) is 1. The molecule has 9 nitrogen and oxygen atoms in total. The number of carbonyl (C=O) groups excluding carboxylic acids is 1. The highest BCUT2D eigenvalue weighted by Gasteiger charge is 2.34. The highest BCUT2D eigenvalue weighted by molar-refractivity contribution is 6.01. The van der Waals surface area contributed by atoms with E-state index < -0.39 is 12.1 Å². The zero-order valence-corrected chi connectivity index (χ0v) is 29.6. The fourth-order valence-electron chi connectivity index (χ4n) is 6.99. The van der Waals surface area contributed by atoms with Crippen LogP contribution in [-0.4, -0.2) is 77.3 Å². The van der Waals surface area contributed by atoms with Gasteiger partial charge in [0.2, 0.25) is 0 Å². The summed E-state index contributed by atoms with van der Waals surface area (Å²) in [4.78, 5) is 31.1. The summed E-state index contributed by atoms with van der Waals surface area (Å²) in [5, 5.41) is 9.55. The number of para-hydroxylation sites is 1. The van der Waals surface area contributed by atoms with Gasteiger partial charge in [-0.3, -0.25) is 9.69 Å². The van der Waals surface area contributed by atoms with Crippen LogP contribution in [0.15, 0.2) is 109 Å². The van der Waals surface area contributed by atoms with Gasteiger partial charge in [-0.05, 0) is 78.9 Å². The average molecular weight is 688 g/mol. The molecule has 0 radical (unpaired) electrons. The second-order valence-electron chi connectivity index (χ2n) is 12.8. The number of ether oxygens (including phenoxy) is 3. The zero-order chi connectivity index (χ0) is 35.9. The molecule has 0 saturated carbocycles. The van der Waals surface area contributed by atoms with E-state index >= 15 is 4.79 Å². The van der Waals surface area contributed by atoms with E-state index in [1.54, 1.807) is 33.3 Å². The molecule has 2 heterocycles. The van der Waals surface area contributed by atoms with Crippen molar-refractivity contribution in [2.75, 3.05) is 33.9 Å². The maximum Gasteiger partial charge on any atom is 0.344 e. The molecule has 1 aliphatic rings. The normalized spacial score (nSPS) is 15.3. The third-order valence-corrected chi connectivity index (χ3v) is 9.48. The molecule has 6 rings (SSSR count). The Hall–Kier alpha value is -5.54. The first-order valence-electron chi connectivity index (χ1n) is 17.4. The van der Waals surface area contributed by atoms with Gasteiger partial charge in [0.05, 0.1) is 31.2 Å². The lowest BCUT2D eigenvalue weighted by Crippen LogP contribution is -2.55. The Morgan fingerprint density at radius 2 is 1.53 bits per heavy atom. The van der Waals surface area contributed by atoms with Gasteiger partial charge in [0.1, 0.15) is 5.75 Å². The number of hydrogen-bond acceptors (Lipinski definition) is 6. The molecular formula is C42H45N3O6. The standard InChI is InChI=1S/C42H45N3O6/c1-5-37(42(47)48)51-34-21-19-32(20-22-34)39-35(25-29(2)45(39)36-17-12-18-38(49-3)40(36)50-4)41(46)44-24-23-43(27-31-15-10-7-11-16-31)28-33(44)26-30-13-8-6-9-14-30/h6-22,25,33,37H,5,23-24,26-28H2,1-4H3,(H,47,48)/t33-,37?/m1/s1. The molecule has 5 aromatic rings. The Morgan fingerprint density at radius 1 is 0.843 bits per heavy atom. The van der Waals surface area contributed by atoms with Crippen LogP contribution in [0.2, 0.25) is 0 Å². The van der Waals surface area contributed by atoms with E-state index in [1.165, 1.54) is 11.1 Å². The number of carboxylic acids is 1. The predicted octanol–water partition coefficient (Wildman–Crippen LogP) is 7.28. The van der Waals surface area contributed by atoms with Crippen molar-refractivity contribution in [1.82, 2.24) is 14.4 Å². The number of nitrogens with zero attached hydrogens (tertiary/aromatic N) is 3. The third-order valence-electron chi connectivity index (χ3n) is 9.48. The van der Waals surface area contributed by atoms with Crippen LogP contribution in [-0.2, 0) is 17.8 Å². The SMILES string of the molecule is CCC(Oc1ccc(-c2c(C(=O)N3CCN(Cc4ccccc4)C[C@H]3Cc3ccccc3)cc(C)n2-c2cccc(OC)c2OC)cc1)C(=O)O. The molecule has 1 N–H and O–H groups in total. The number of aliphatic carboxylic acids is 1. The minimum absolute atomic E-state index is 0.0498. The summed E-state index contributed by atoms with van der Waals surface area (Å²) in [6.07, 6.45) is 0.100. The largest absolute Gasteiger partial charge is 0.493 e. The summed E-state index contributed by atoms with van der Waals surface area (Å²) in [5.41, 5.74) is 6.05. The number of benzene rings is 4. The predicted molar refractivity (Wildman–Crippen MR) is 198 cm³/mol. The van der Waals surface area contributed by atoms with Gasteiger partial charge in [-0.15, -0.1) is 0 Å². The second-order valence-corrected chi connectivity index (χ2v) is 12.8. The molecule has 1 amide bonds. The van der Waals surface area contributed by atoms with Crippen LogP contribution in [0.5, 0.6) is 17.2 Å². The topological polar surface area (TPSA) is 93.5 Å². The summed E-state index contributed by atoms with van der Waals surface area (Å²) < 4.78 is 19.3. The lowest BCUT2D eigenvalue weighted by atomic mass is 9.99. The molecule has 1 aliphatic heterocycles. The molecule has 1 unspecified atom stereocenters. The number of aromatic nitrogens is 1. The highest BCUT2D eigenvalue weighted by atomic mass is 16.5. The van der Waals surface area contributed by atoms with E-state index in [-0.39, 0.29) is 11.9 Å². The minimum Gasteiger partial charge on any atom is -0.493 e. The quantitative estimate of drug-likeness (QED) is 0.139. The lowest BCUT2D eigenvalue weighted by Gasteiger charge is -2.42. The van der Waals surface area contributed by atoms with Crippen molar-refractivity contribution in [3.05, 3.63) is 132 Å². The molecule has 51 heavy (non-hydrogen) atoms. The van der Waals surface area contributed by atoms with Gasteiger partial charge in [0.15, 0.2) is 17.6 Å². The van der Waals surface area contributed by atoms with Crippen molar-refractivity contribution < 1.29 is 28.9 Å². The molecule has 264 valence electrons. The van der Waals surface area contributed by atoms with E-state index in [2.05, 4.69) is 41.3 Å². The number of amides is 1. The maximum atomic E-state index is 15.0. The van der Waals surface area contributed by atoms with Gasteiger partial charge in [-0.25, -0.2) is 4.79 Å².